The molecule has 2 unspecified atom stereocenters. The van der Waals surface area contributed by atoms with Gasteiger partial charge in [0.25, 0.3) is 11.8 Å². The molecule has 1 aliphatic heterocycles. The monoisotopic (exact) mass is 502 g/mol. The number of nitrogens with one attached hydrogen (secondary N) is 2. The molecule has 3 saturated carbocycles. The van der Waals surface area contributed by atoms with Crippen molar-refractivity contribution in [3.63, 3.8) is 0 Å². The third-order valence-electron chi connectivity index (χ3n) is 10.4. The van der Waals surface area contributed by atoms with Gasteiger partial charge in [-0.2, -0.15) is 13.2 Å². The number of halogens is 3. The number of benzene rings is 1. The maximum atomic E-state index is 14.3. The van der Waals surface area contributed by atoms with Crippen LogP contribution >= 0.6 is 0 Å². The summed E-state index contributed by atoms with van der Waals surface area (Å²) in [6.45, 7) is 7.26. The zero-order valence-electron chi connectivity index (χ0n) is 21.6. The molecule has 0 saturated heterocycles. The molecule has 4 nitrogen and oxygen atoms in total. The summed E-state index contributed by atoms with van der Waals surface area (Å²) < 4.78 is 42.9. The number of alkyl halides is 3. The number of aryl methyl sites for hydroxylation is 1. The van der Waals surface area contributed by atoms with E-state index in [2.05, 4.69) is 24.5 Å². The average molecular weight is 503 g/mol. The molecule has 7 atom stereocenters. The summed E-state index contributed by atoms with van der Waals surface area (Å²) in [6.07, 6.45) is 4.76. The Morgan fingerprint density at radius 1 is 1.03 bits per heavy atom. The number of carbonyl (C=O) groups is 2. The first-order chi connectivity index (χ1) is 16.8. The minimum absolute atomic E-state index is 0.0691. The second-order valence-electron chi connectivity index (χ2n) is 12.4. The highest BCUT2D eigenvalue weighted by atomic mass is 19.4. The number of fused-ring (bicyclic) bond motifs is 5. The molecule has 1 aromatic rings. The quantitative estimate of drug-likeness (QED) is 0.502. The van der Waals surface area contributed by atoms with E-state index in [0.29, 0.717) is 23.2 Å². The van der Waals surface area contributed by atoms with Gasteiger partial charge in [-0.05, 0) is 81.1 Å². The maximum Gasteiger partial charge on any atom is 0.415 e. The van der Waals surface area contributed by atoms with Crippen molar-refractivity contribution in [2.75, 3.05) is 0 Å². The van der Waals surface area contributed by atoms with Crippen LogP contribution in [0.2, 0.25) is 0 Å². The Bertz CT molecular complexity index is 1100. The van der Waals surface area contributed by atoms with Crippen molar-refractivity contribution in [3.05, 3.63) is 47.0 Å². The molecule has 2 N–H and O–H groups in total. The topological polar surface area (TPSA) is 58.2 Å². The molecule has 4 aliphatic rings. The molecule has 1 aromatic carbocycles. The standard InChI is InChI=1S/C29H37F3N2O2/c1-17-7-9-18(10-8-17)28(4,29(30,31)32)34-25(36)20-16-27(3)22-13-15-26(2)14-5-6-21(26)19(22)11-12-23(27)33-24(20)35/h7-10,16,19,21-23H,5-6,11-15H2,1-4H3,(H,33,35)(H,34,36)/t19-,21-,22+,23?,26-,27+,28?/m0/s1. The lowest BCUT2D eigenvalue weighted by Gasteiger charge is -2.58. The Morgan fingerprint density at radius 2 is 1.72 bits per heavy atom. The summed E-state index contributed by atoms with van der Waals surface area (Å²) >= 11 is 0. The van der Waals surface area contributed by atoms with Crippen molar-refractivity contribution < 1.29 is 22.8 Å². The molecule has 1 heterocycles. The van der Waals surface area contributed by atoms with E-state index in [1.165, 1.54) is 31.4 Å². The second kappa shape index (κ2) is 8.35. The lowest BCUT2D eigenvalue weighted by Crippen LogP contribution is -2.61. The molecule has 3 aliphatic carbocycles. The molecular formula is C29H37F3N2O2. The van der Waals surface area contributed by atoms with Gasteiger partial charge in [-0.15, -0.1) is 0 Å². The van der Waals surface area contributed by atoms with Gasteiger partial charge in [0.1, 0.15) is 5.57 Å². The highest BCUT2D eigenvalue weighted by Crippen LogP contribution is 2.63. The van der Waals surface area contributed by atoms with Crippen LogP contribution in [0.3, 0.4) is 0 Å². The highest BCUT2D eigenvalue weighted by molar-refractivity contribution is 6.19. The maximum absolute atomic E-state index is 14.3. The van der Waals surface area contributed by atoms with Crippen LogP contribution in [-0.4, -0.2) is 24.0 Å². The van der Waals surface area contributed by atoms with Gasteiger partial charge in [0.15, 0.2) is 5.54 Å². The van der Waals surface area contributed by atoms with E-state index in [4.69, 9.17) is 0 Å². The molecule has 0 bridgehead atoms. The largest absolute Gasteiger partial charge is 0.415 e. The summed E-state index contributed by atoms with van der Waals surface area (Å²) in [5, 5.41) is 5.22. The Balaban J connectivity index is 1.47. The fourth-order valence-electron chi connectivity index (χ4n) is 8.09. The summed E-state index contributed by atoms with van der Waals surface area (Å²) in [7, 11) is 0. The van der Waals surface area contributed by atoms with Gasteiger partial charge in [0, 0.05) is 11.5 Å². The summed E-state index contributed by atoms with van der Waals surface area (Å²) in [4.78, 5) is 26.4. The van der Waals surface area contributed by atoms with Gasteiger partial charge in [-0.1, -0.05) is 56.2 Å². The molecule has 3 fully saturated rings. The van der Waals surface area contributed by atoms with Gasteiger partial charge in [-0.3, -0.25) is 9.59 Å². The molecule has 0 aromatic heterocycles. The predicted molar refractivity (Wildman–Crippen MR) is 132 cm³/mol. The smallest absolute Gasteiger partial charge is 0.348 e. The average Bonchev–Trinajstić information content (AvgIpc) is 3.20. The number of hydrogen-bond donors (Lipinski definition) is 2. The van der Waals surface area contributed by atoms with E-state index in [0.717, 1.165) is 38.2 Å². The van der Waals surface area contributed by atoms with Crippen molar-refractivity contribution in [2.24, 2.45) is 28.6 Å². The van der Waals surface area contributed by atoms with E-state index < -0.39 is 28.9 Å². The number of carbonyl (C=O) groups excluding carboxylic acids is 2. The summed E-state index contributed by atoms with van der Waals surface area (Å²) in [5.74, 6) is -0.0787. The molecule has 196 valence electrons. The van der Waals surface area contributed by atoms with E-state index in [-0.39, 0.29) is 17.2 Å². The Labute approximate surface area is 211 Å². The fraction of sp³-hybridized carbons (Fsp3) is 0.655. The van der Waals surface area contributed by atoms with Crippen LogP contribution in [0.4, 0.5) is 13.2 Å². The normalized spacial score (nSPS) is 37.5. The predicted octanol–water partition coefficient (Wildman–Crippen LogP) is 5.95. The van der Waals surface area contributed by atoms with Crippen molar-refractivity contribution in [3.8, 4) is 0 Å². The van der Waals surface area contributed by atoms with Crippen LogP contribution in [0.25, 0.3) is 0 Å². The van der Waals surface area contributed by atoms with Crippen LogP contribution < -0.4 is 10.6 Å². The molecule has 36 heavy (non-hydrogen) atoms. The number of rotatable bonds is 3. The van der Waals surface area contributed by atoms with E-state index in [1.807, 2.05) is 0 Å². The van der Waals surface area contributed by atoms with Crippen LogP contribution in [0.15, 0.2) is 35.9 Å². The first-order valence-electron chi connectivity index (χ1n) is 13.3. The lowest BCUT2D eigenvalue weighted by atomic mass is 9.48. The zero-order chi connectivity index (χ0) is 26.1. The van der Waals surface area contributed by atoms with Gasteiger partial charge >= 0.3 is 6.18 Å². The van der Waals surface area contributed by atoms with E-state index in [9.17, 15) is 22.8 Å². The fourth-order valence-corrected chi connectivity index (χ4v) is 8.09. The van der Waals surface area contributed by atoms with Gasteiger partial charge in [-0.25, -0.2) is 0 Å². The minimum Gasteiger partial charge on any atom is -0.348 e. The van der Waals surface area contributed by atoms with Crippen LogP contribution in [0.1, 0.15) is 76.8 Å². The lowest BCUT2D eigenvalue weighted by molar-refractivity contribution is -0.196. The van der Waals surface area contributed by atoms with Gasteiger partial charge < -0.3 is 10.6 Å². The molecule has 5 rings (SSSR count). The first-order valence-corrected chi connectivity index (χ1v) is 13.3. The van der Waals surface area contributed by atoms with Crippen molar-refractivity contribution in [2.45, 2.75) is 90.4 Å². The Morgan fingerprint density at radius 3 is 2.39 bits per heavy atom. The van der Waals surface area contributed by atoms with Crippen LogP contribution in [0, 0.1) is 35.5 Å². The first kappa shape index (κ1) is 25.3. The molecule has 2 amide bonds. The van der Waals surface area contributed by atoms with Crippen LogP contribution in [0.5, 0.6) is 0 Å². The molecule has 7 heteroatoms. The molecular weight excluding hydrogens is 465 g/mol. The number of hydrogen-bond acceptors (Lipinski definition) is 2. The number of amides is 2. The third-order valence-corrected chi connectivity index (χ3v) is 10.4. The summed E-state index contributed by atoms with van der Waals surface area (Å²) in [6, 6.07) is 5.83. The van der Waals surface area contributed by atoms with Gasteiger partial charge in [0.2, 0.25) is 0 Å². The Kier molecular flexibility index (Phi) is 5.88. The van der Waals surface area contributed by atoms with Crippen molar-refractivity contribution in [1.29, 1.82) is 0 Å². The van der Waals surface area contributed by atoms with E-state index in [1.54, 1.807) is 25.1 Å². The summed E-state index contributed by atoms with van der Waals surface area (Å²) in [5.41, 5.74) is -2.15. The second-order valence-corrected chi connectivity index (χ2v) is 12.4. The van der Waals surface area contributed by atoms with Gasteiger partial charge in [0.05, 0.1) is 0 Å². The minimum atomic E-state index is -4.75. The van der Waals surface area contributed by atoms with Crippen molar-refractivity contribution >= 4 is 11.8 Å². The highest BCUT2D eigenvalue weighted by Gasteiger charge is 2.59. The Hall–Kier alpha value is -2.31. The third kappa shape index (κ3) is 3.79. The molecule has 0 radical (unpaired) electrons. The van der Waals surface area contributed by atoms with E-state index >= 15 is 0 Å². The van der Waals surface area contributed by atoms with Crippen molar-refractivity contribution in [1.82, 2.24) is 10.6 Å². The molecule has 0 spiro atoms. The zero-order valence-corrected chi connectivity index (χ0v) is 21.6. The SMILES string of the molecule is Cc1ccc(C(C)(NC(=O)C2=C[C@@]3(C)C(CC[C@@H]4[C@H]3CC[C@]3(C)CCC[C@@H]43)NC2=O)C(F)(F)F)cc1. The van der Waals surface area contributed by atoms with Crippen LogP contribution in [-0.2, 0) is 15.1 Å².